The van der Waals surface area contributed by atoms with Crippen molar-refractivity contribution in [2.45, 2.75) is 70.4 Å². The first-order chi connectivity index (χ1) is 14.8. The van der Waals surface area contributed by atoms with Gasteiger partial charge in [0.05, 0.1) is 6.61 Å². The maximum Gasteiger partial charge on any atom is 0.239 e. The first-order valence-corrected chi connectivity index (χ1v) is 10.6. The van der Waals surface area contributed by atoms with Crippen LogP contribution in [0.2, 0.25) is 0 Å². The van der Waals surface area contributed by atoms with Crippen molar-refractivity contribution in [2.24, 2.45) is 5.92 Å². The largest absolute Gasteiger partial charge is 0.443 e. The molecule has 2 aliphatic rings. The summed E-state index contributed by atoms with van der Waals surface area (Å²) < 4.78 is 27.3. The Balaban J connectivity index is 1.63. The smallest absolute Gasteiger partial charge is 0.239 e. The normalized spacial score (nSPS) is 28.7. The van der Waals surface area contributed by atoms with Gasteiger partial charge in [-0.05, 0) is 49.8 Å². The molecule has 2 fully saturated rings. The molecule has 1 saturated heterocycles. The van der Waals surface area contributed by atoms with Gasteiger partial charge in [0.15, 0.2) is 0 Å². The van der Waals surface area contributed by atoms with Gasteiger partial charge in [0.2, 0.25) is 12.2 Å². The van der Waals surface area contributed by atoms with Crippen molar-refractivity contribution >= 4 is 0 Å². The molecule has 1 aromatic carbocycles. The average Bonchev–Trinajstić information content (AvgIpc) is 3.52. The van der Waals surface area contributed by atoms with Crippen molar-refractivity contribution in [3.8, 4) is 5.88 Å². The standard InChI is InChI=1S/C22H29FN2O6/c1-11-3-4-14(8-16(11)23)7-15-12(2)25(9-13-5-6-13)24-21(15)31-22-20(29)19(28)18(27)17(10-26)30-22/h3-4,8,13,17-20,22,26-29H,5-7,9-10H2,1-2H3/t17-,18-,19+,20-,22?/m1/s1. The summed E-state index contributed by atoms with van der Waals surface area (Å²) >= 11 is 0. The molecule has 4 rings (SSSR count). The Morgan fingerprint density at radius 2 is 1.90 bits per heavy atom. The first-order valence-electron chi connectivity index (χ1n) is 10.6. The molecule has 0 radical (unpaired) electrons. The zero-order valence-corrected chi connectivity index (χ0v) is 17.6. The van der Waals surface area contributed by atoms with Crippen molar-refractivity contribution in [1.82, 2.24) is 9.78 Å². The van der Waals surface area contributed by atoms with E-state index in [1.54, 1.807) is 13.0 Å². The number of aliphatic hydroxyl groups is 4. The third kappa shape index (κ3) is 4.61. The highest BCUT2D eigenvalue weighted by atomic mass is 19.1. The highest BCUT2D eigenvalue weighted by Gasteiger charge is 2.45. The molecule has 2 heterocycles. The van der Waals surface area contributed by atoms with Crippen LogP contribution in [0.15, 0.2) is 18.2 Å². The van der Waals surface area contributed by atoms with Crippen molar-refractivity contribution in [1.29, 1.82) is 0 Å². The Morgan fingerprint density at radius 1 is 1.16 bits per heavy atom. The Kier molecular flexibility index (Phi) is 6.32. The second kappa shape index (κ2) is 8.84. The zero-order valence-electron chi connectivity index (χ0n) is 17.6. The third-order valence-electron chi connectivity index (χ3n) is 6.12. The lowest BCUT2D eigenvalue weighted by molar-refractivity contribution is -0.278. The molecule has 5 atom stereocenters. The number of ether oxygens (including phenoxy) is 2. The average molecular weight is 436 g/mol. The molecule has 0 spiro atoms. The second-order valence-electron chi connectivity index (χ2n) is 8.57. The van der Waals surface area contributed by atoms with Gasteiger partial charge in [0.1, 0.15) is 30.2 Å². The lowest BCUT2D eigenvalue weighted by atomic mass is 9.99. The van der Waals surface area contributed by atoms with E-state index in [9.17, 15) is 24.8 Å². The number of aliphatic hydroxyl groups excluding tert-OH is 4. The van der Waals surface area contributed by atoms with Crippen molar-refractivity contribution in [3.05, 3.63) is 46.4 Å². The van der Waals surface area contributed by atoms with E-state index in [1.807, 2.05) is 17.7 Å². The van der Waals surface area contributed by atoms with Crippen LogP contribution >= 0.6 is 0 Å². The fraction of sp³-hybridized carbons (Fsp3) is 0.591. The van der Waals surface area contributed by atoms with Gasteiger partial charge in [-0.1, -0.05) is 12.1 Å². The SMILES string of the molecule is Cc1ccc(Cc2c(OC3O[C@H](CO)[C@@H](O)[C@H](O)[C@H]3O)nn(CC3CC3)c2C)cc1F. The van der Waals surface area contributed by atoms with Crippen molar-refractivity contribution in [2.75, 3.05) is 6.61 Å². The van der Waals surface area contributed by atoms with Crippen LogP contribution < -0.4 is 4.74 Å². The van der Waals surface area contributed by atoms with Gasteiger partial charge >= 0.3 is 0 Å². The molecule has 2 aromatic rings. The van der Waals surface area contributed by atoms with Crippen molar-refractivity contribution < 1.29 is 34.3 Å². The molecule has 170 valence electrons. The summed E-state index contributed by atoms with van der Waals surface area (Å²) in [5.41, 5.74) is 2.90. The number of hydrogen-bond donors (Lipinski definition) is 4. The molecule has 0 bridgehead atoms. The Morgan fingerprint density at radius 3 is 2.55 bits per heavy atom. The summed E-state index contributed by atoms with van der Waals surface area (Å²) in [7, 11) is 0. The maximum atomic E-state index is 14.1. The lowest BCUT2D eigenvalue weighted by Crippen LogP contribution is -2.60. The van der Waals surface area contributed by atoms with Gasteiger partial charge in [0.25, 0.3) is 0 Å². The van der Waals surface area contributed by atoms with Crippen LogP contribution in [-0.4, -0.2) is 67.5 Å². The van der Waals surface area contributed by atoms with Gasteiger partial charge in [-0.15, -0.1) is 5.10 Å². The van der Waals surface area contributed by atoms with Crippen LogP contribution in [0.4, 0.5) is 4.39 Å². The van der Waals surface area contributed by atoms with E-state index in [-0.39, 0.29) is 11.7 Å². The summed E-state index contributed by atoms with van der Waals surface area (Å²) in [6.07, 6.45) is -4.30. The van der Waals surface area contributed by atoms with Crippen LogP contribution in [0.3, 0.4) is 0 Å². The highest BCUT2D eigenvalue weighted by molar-refractivity contribution is 5.37. The number of hydrogen-bond acceptors (Lipinski definition) is 7. The molecule has 0 amide bonds. The summed E-state index contributed by atoms with van der Waals surface area (Å²) in [6, 6.07) is 5.03. The van der Waals surface area contributed by atoms with E-state index in [2.05, 4.69) is 5.10 Å². The quantitative estimate of drug-likeness (QED) is 0.508. The van der Waals surface area contributed by atoms with E-state index < -0.39 is 37.3 Å². The van der Waals surface area contributed by atoms with Gasteiger partial charge in [-0.2, -0.15) is 0 Å². The fourth-order valence-electron chi connectivity index (χ4n) is 3.80. The van der Waals surface area contributed by atoms with E-state index in [4.69, 9.17) is 9.47 Å². The van der Waals surface area contributed by atoms with E-state index in [0.29, 0.717) is 17.9 Å². The van der Waals surface area contributed by atoms with Gasteiger partial charge in [-0.25, -0.2) is 4.39 Å². The number of rotatable bonds is 7. The Bertz CT molecular complexity index is 929. The van der Waals surface area contributed by atoms with Crippen LogP contribution in [0, 0.1) is 25.6 Å². The molecule has 31 heavy (non-hydrogen) atoms. The second-order valence-corrected chi connectivity index (χ2v) is 8.57. The Labute approximate surface area is 179 Å². The first kappa shape index (κ1) is 22.2. The molecule has 4 N–H and O–H groups in total. The molecule has 1 aliphatic heterocycles. The molecule has 1 saturated carbocycles. The molecule has 1 unspecified atom stereocenters. The summed E-state index contributed by atoms with van der Waals surface area (Å²) in [5.74, 6) is 0.476. The van der Waals surface area contributed by atoms with Gasteiger partial charge in [0, 0.05) is 24.2 Å². The maximum absolute atomic E-state index is 14.1. The van der Waals surface area contributed by atoms with E-state index >= 15 is 0 Å². The minimum absolute atomic E-state index is 0.212. The monoisotopic (exact) mass is 436 g/mol. The van der Waals surface area contributed by atoms with Crippen LogP contribution in [0.5, 0.6) is 5.88 Å². The Hall–Kier alpha value is -2.04. The number of nitrogens with zero attached hydrogens (tertiary/aromatic N) is 2. The zero-order chi connectivity index (χ0) is 22.3. The van der Waals surface area contributed by atoms with E-state index in [1.165, 1.54) is 6.07 Å². The van der Waals surface area contributed by atoms with Gasteiger partial charge in [-0.3, -0.25) is 4.68 Å². The van der Waals surface area contributed by atoms with Gasteiger partial charge < -0.3 is 29.9 Å². The fourth-order valence-corrected chi connectivity index (χ4v) is 3.80. The lowest BCUT2D eigenvalue weighted by Gasteiger charge is -2.39. The molecule has 9 heteroatoms. The van der Waals surface area contributed by atoms with Crippen molar-refractivity contribution in [3.63, 3.8) is 0 Å². The molecular formula is C22H29FN2O6. The van der Waals surface area contributed by atoms with Crippen LogP contribution in [0.1, 0.15) is 35.2 Å². The number of aryl methyl sites for hydroxylation is 1. The molecule has 1 aromatic heterocycles. The minimum atomic E-state index is -1.54. The molecular weight excluding hydrogens is 407 g/mol. The number of aromatic nitrogens is 2. The van der Waals surface area contributed by atoms with Crippen LogP contribution in [-0.2, 0) is 17.7 Å². The summed E-state index contributed by atoms with van der Waals surface area (Å²) in [5, 5.41) is 44.3. The predicted molar refractivity (Wildman–Crippen MR) is 108 cm³/mol. The highest BCUT2D eigenvalue weighted by Crippen LogP contribution is 2.34. The van der Waals surface area contributed by atoms with Crippen LogP contribution in [0.25, 0.3) is 0 Å². The number of halogens is 1. The topological polar surface area (TPSA) is 117 Å². The summed E-state index contributed by atoms with van der Waals surface area (Å²) in [6.45, 7) is 3.80. The third-order valence-corrected chi connectivity index (χ3v) is 6.12. The molecule has 8 nitrogen and oxygen atoms in total. The minimum Gasteiger partial charge on any atom is -0.443 e. The molecule has 1 aliphatic carbocycles. The number of benzene rings is 1. The van der Waals surface area contributed by atoms with E-state index in [0.717, 1.165) is 36.2 Å². The predicted octanol–water partition coefficient (Wildman–Crippen LogP) is 0.819. The summed E-state index contributed by atoms with van der Waals surface area (Å²) in [4.78, 5) is 0.